The van der Waals surface area contributed by atoms with E-state index in [-0.39, 0.29) is 21.7 Å². The Bertz CT molecular complexity index is 1460. The van der Waals surface area contributed by atoms with Crippen molar-refractivity contribution in [2.24, 2.45) is 9.39 Å². The Morgan fingerprint density at radius 3 is 2.50 bits per heavy atom. The molecule has 10 nitrogen and oxygen atoms in total. The third-order valence-electron chi connectivity index (χ3n) is 5.28. The lowest BCUT2D eigenvalue weighted by Crippen LogP contribution is -2.45. The summed E-state index contributed by atoms with van der Waals surface area (Å²) < 4.78 is 40.7. The van der Waals surface area contributed by atoms with Gasteiger partial charge in [0.15, 0.2) is 0 Å². The smallest absolute Gasteiger partial charge is 0.283 e. The maximum atomic E-state index is 12.7. The predicted octanol–water partition coefficient (Wildman–Crippen LogP) is 3.39. The second kappa shape index (κ2) is 8.60. The number of amides is 1. The normalized spacial score (nSPS) is 17.1. The van der Waals surface area contributed by atoms with Gasteiger partial charge in [0.2, 0.25) is 20.2 Å². The van der Waals surface area contributed by atoms with E-state index in [4.69, 9.17) is 26.5 Å². The van der Waals surface area contributed by atoms with Crippen molar-refractivity contribution >= 4 is 61.5 Å². The minimum Gasteiger partial charge on any atom is -0.497 e. The van der Waals surface area contributed by atoms with Crippen molar-refractivity contribution in [3.05, 3.63) is 45.7 Å². The molecule has 0 atom stereocenters. The Kier molecular flexibility index (Phi) is 6.08. The molecule has 2 aliphatic rings. The number of carbonyl (C=O) groups excluding carboxylic acids is 1. The zero-order valence-electron chi connectivity index (χ0n) is 18.8. The van der Waals surface area contributed by atoms with Crippen LogP contribution in [0.4, 0.5) is 0 Å². The van der Waals surface area contributed by atoms with Gasteiger partial charge < -0.3 is 14.0 Å². The lowest BCUT2D eigenvalue weighted by atomic mass is 10.1. The molecule has 0 saturated carbocycles. The summed E-state index contributed by atoms with van der Waals surface area (Å²) in [6.45, 7) is 3.70. The number of nitrogens with one attached hydrogen (secondary N) is 1. The van der Waals surface area contributed by atoms with Crippen LogP contribution in [0.15, 0.2) is 33.2 Å². The minimum atomic E-state index is -3.73. The van der Waals surface area contributed by atoms with E-state index in [9.17, 15) is 13.2 Å². The second-order valence-electron chi connectivity index (χ2n) is 7.50. The molecule has 178 valence electrons. The summed E-state index contributed by atoms with van der Waals surface area (Å²) in [5.74, 6) is 0.0638. The van der Waals surface area contributed by atoms with Gasteiger partial charge in [0.25, 0.3) is 5.91 Å². The molecule has 1 aromatic carbocycles. The average Bonchev–Trinajstić information content (AvgIpc) is 3.31. The van der Waals surface area contributed by atoms with Crippen LogP contribution in [0.25, 0.3) is 11.8 Å². The largest absolute Gasteiger partial charge is 0.497 e. The summed E-state index contributed by atoms with van der Waals surface area (Å²) >= 11 is 7.30. The number of aryl methyl sites for hydroxylation is 1. The Labute approximate surface area is 205 Å². The van der Waals surface area contributed by atoms with Crippen LogP contribution < -0.4 is 9.47 Å². The number of ether oxygens (including phenoxy) is 2. The first-order valence-corrected chi connectivity index (χ1v) is 12.8. The predicted molar refractivity (Wildman–Crippen MR) is 133 cm³/mol. The van der Waals surface area contributed by atoms with E-state index in [1.54, 1.807) is 12.1 Å². The molecule has 0 fully saturated rings. The van der Waals surface area contributed by atoms with E-state index in [1.165, 1.54) is 20.3 Å². The van der Waals surface area contributed by atoms with Gasteiger partial charge in [0.1, 0.15) is 23.0 Å². The molecule has 1 amide bonds. The molecule has 1 N–H and O–H groups in total. The number of aliphatic imine (C=N–C) groups is 1. The molecule has 0 aliphatic carbocycles. The number of halogens is 1. The maximum absolute atomic E-state index is 12.7. The molecular formula is C21H20ClN5O5S2. The van der Waals surface area contributed by atoms with Crippen LogP contribution in [0.2, 0.25) is 5.02 Å². The Balaban J connectivity index is 1.83. The summed E-state index contributed by atoms with van der Waals surface area (Å²) in [5.41, 5.74) is 2.68. The first-order valence-electron chi connectivity index (χ1n) is 9.77. The molecule has 0 unspecified atom stereocenters. The third-order valence-corrected chi connectivity index (χ3v) is 7.32. The molecule has 2 aromatic rings. The number of rotatable bonds is 4. The monoisotopic (exact) mass is 521 g/mol. The van der Waals surface area contributed by atoms with Crippen LogP contribution in [0, 0.1) is 19.3 Å². The standard InChI is InChI=1S/C21H20ClN5O5S2/c1-10-6-12(11(2)26(10)17-15(22)8-13(31-3)9-16(17)32-4)7-14-18(23)27-20(24-19(14)28)33-25-21(27)34(5,29)30/h6-9,23H,1-5H3/b14-7-,23-18?. The van der Waals surface area contributed by atoms with Crippen LogP contribution in [0.3, 0.4) is 0 Å². The number of aromatic nitrogens is 1. The van der Waals surface area contributed by atoms with Crippen LogP contribution in [-0.2, 0) is 14.6 Å². The van der Waals surface area contributed by atoms with Gasteiger partial charge in [-0.25, -0.2) is 13.3 Å². The fourth-order valence-corrected chi connectivity index (χ4v) is 5.84. The van der Waals surface area contributed by atoms with E-state index in [2.05, 4.69) is 9.39 Å². The van der Waals surface area contributed by atoms with Crippen molar-refractivity contribution in [3.8, 4) is 17.2 Å². The van der Waals surface area contributed by atoms with Gasteiger partial charge in [0, 0.05) is 29.8 Å². The van der Waals surface area contributed by atoms with E-state index < -0.39 is 15.7 Å². The SMILES string of the molecule is COc1cc(Cl)c(-n2c(C)cc(/C=C3/C(=N)N4C(=NC3=O)SN=C4S(C)(=O)=O)c2C)c(OC)c1. The summed E-state index contributed by atoms with van der Waals surface area (Å²) in [6.07, 6.45) is 2.50. The molecule has 0 saturated heterocycles. The number of carbonyl (C=O) groups is 1. The lowest BCUT2D eigenvalue weighted by Gasteiger charge is -2.23. The highest BCUT2D eigenvalue weighted by atomic mass is 35.5. The number of methoxy groups -OCH3 is 2. The minimum absolute atomic E-state index is 0.0350. The molecule has 13 heteroatoms. The number of sulfone groups is 1. The Morgan fingerprint density at radius 2 is 1.88 bits per heavy atom. The van der Waals surface area contributed by atoms with Crippen LogP contribution in [-0.4, -0.2) is 60.4 Å². The van der Waals surface area contributed by atoms with Crippen LogP contribution in [0.5, 0.6) is 11.5 Å². The van der Waals surface area contributed by atoms with Crippen molar-refractivity contribution in [3.63, 3.8) is 0 Å². The zero-order chi connectivity index (χ0) is 24.9. The van der Waals surface area contributed by atoms with Crippen molar-refractivity contribution in [1.29, 1.82) is 5.41 Å². The second-order valence-corrected chi connectivity index (χ2v) is 10.5. The number of hydrogen-bond donors (Lipinski definition) is 1. The highest BCUT2D eigenvalue weighted by Gasteiger charge is 2.41. The van der Waals surface area contributed by atoms with Crippen LogP contribution in [0.1, 0.15) is 17.0 Å². The van der Waals surface area contributed by atoms with Gasteiger partial charge in [0.05, 0.1) is 36.8 Å². The summed E-state index contributed by atoms with van der Waals surface area (Å²) in [5, 5.41) is 8.64. The molecular weight excluding hydrogens is 502 g/mol. The number of hydrogen-bond acceptors (Lipinski definition) is 8. The quantitative estimate of drug-likeness (QED) is 0.482. The van der Waals surface area contributed by atoms with Crippen molar-refractivity contribution in [2.45, 2.75) is 13.8 Å². The molecule has 3 heterocycles. The topological polar surface area (TPSA) is 126 Å². The number of fused-ring (bicyclic) bond motifs is 1. The summed E-state index contributed by atoms with van der Waals surface area (Å²) in [4.78, 5) is 17.7. The first kappa shape index (κ1) is 24.0. The number of amidine groups is 3. The van der Waals surface area contributed by atoms with Gasteiger partial charge in [-0.1, -0.05) is 11.6 Å². The molecule has 34 heavy (non-hydrogen) atoms. The molecule has 0 radical (unpaired) electrons. The summed E-state index contributed by atoms with van der Waals surface area (Å²) in [7, 11) is -0.675. The van der Waals surface area contributed by atoms with Crippen LogP contribution >= 0.6 is 23.5 Å². The average molecular weight is 522 g/mol. The highest BCUT2D eigenvalue weighted by Crippen LogP contribution is 2.38. The third kappa shape index (κ3) is 3.91. The molecule has 0 spiro atoms. The van der Waals surface area contributed by atoms with Gasteiger partial charge in [-0.05, 0) is 31.6 Å². The molecule has 4 rings (SSSR count). The Morgan fingerprint density at radius 1 is 1.18 bits per heavy atom. The molecule has 2 aliphatic heterocycles. The lowest BCUT2D eigenvalue weighted by molar-refractivity contribution is -0.114. The van der Waals surface area contributed by atoms with E-state index >= 15 is 0 Å². The summed E-state index contributed by atoms with van der Waals surface area (Å²) in [6, 6.07) is 5.21. The van der Waals surface area contributed by atoms with Gasteiger partial charge in [-0.15, -0.1) is 0 Å². The van der Waals surface area contributed by atoms with Gasteiger partial charge in [-0.2, -0.15) is 9.39 Å². The van der Waals surface area contributed by atoms with Gasteiger partial charge >= 0.3 is 0 Å². The molecule has 0 bridgehead atoms. The van der Waals surface area contributed by atoms with E-state index in [1.807, 2.05) is 24.5 Å². The number of nitrogens with zero attached hydrogens (tertiary/aromatic N) is 4. The highest BCUT2D eigenvalue weighted by molar-refractivity contribution is 8.16. The maximum Gasteiger partial charge on any atom is 0.283 e. The van der Waals surface area contributed by atoms with E-state index in [0.717, 1.165) is 34.5 Å². The zero-order valence-corrected chi connectivity index (χ0v) is 21.2. The fourth-order valence-electron chi connectivity index (χ4n) is 3.71. The fraction of sp³-hybridized carbons (Fsp3) is 0.238. The molecule has 1 aromatic heterocycles. The van der Waals surface area contributed by atoms with Gasteiger partial charge in [-0.3, -0.25) is 10.2 Å². The van der Waals surface area contributed by atoms with Crippen molar-refractivity contribution in [2.75, 3.05) is 20.5 Å². The van der Waals surface area contributed by atoms with Crippen molar-refractivity contribution < 1.29 is 22.7 Å². The number of benzene rings is 1. The van der Waals surface area contributed by atoms with E-state index in [0.29, 0.717) is 27.8 Å². The first-order chi connectivity index (χ1) is 16.0. The Hall–Kier alpha value is -3.09. The van der Waals surface area contributed by atoms with Crippen molar-refractivity contribution in [1.82, 2.24) is 9.47 Å².